The largest absolute Gasteiger partial charge is 0.103 e. The first-order valence-corrected chi connectivity index (χ1v) is 8.11. The minimum atomic E-state index is -1.44. The van der Waals surface area contributed by atoms with Crippen molar-refractivity contribution in [2.75, 3.05) is 0 Å². The van der Waals surface area contributed by atoms with Gasteiger partial charge in [-0.3, -0.25) is 0 Å². The van der Waals surface area contributed by atoms with Crippen LogP contribution in [0.1, 0.15) is 6.42 Å². The predicted molar refractivity (Wildman–Crippen MR) is 72.6 cm³/mol. The van der Waals surface area contributed by atoms with Gasteiger partial charge in [0.15, 0.2) is 0 Å². The van der Waals surface area contributed by atoms with Crippen LogP contribution < -0.4 is 0 Å². The molecule has 1 aliphatic rings. The molecule has 0 fully saturated rings. The summed E-state index contributed by atoms with van der Waals surface area (Å²) < 4.78 is 0. The van der Waals surface area contributed by atoms with Crippen molar-refractivity contribution in [2.45, 2.75) is 24.6 Å². The molecule has 0 nitrogen and oxygen atoms in total. The van der Waals surface area contributed by atoms with Gasteiger partial charge >= 0.3 is 0 Å². The maximum atomic E-state index is 3.90. The number of hydrogen-bond acceptors (Lipinski definition) is 0. The molecule has 0 spiro atoms. The van der Waals surface area contributed by atoms with Crippen molar-refractivity contribution in [2.24, 2.45) is 0 Å². The summed E-state index contributed by atoms with van der Waals surface area (Å²) in [6.07, 6.45) is 14.2. The molecule has 0 N–H and O–H groups in total. The molecular formula is C14H20Si. The Hall–Kier alpha value is -1.08. The minimum absolute atomic E-state index is 1.09. The molecule has 15 heavy (non-hydrogen) atoms. The second-order valence-electron chi connectivity index (χ2n) is 4.06. The number of hydrogen-bond donors (Lipinski definition) is 0. The van der Waals surface area contributed by atoms with Gasteiger partial charge in [0.25, 0.3) is 0 Å². The van der Waals surface area contributed by atoms with Crippen molar-refractivity contribution in [1.29, 1.82) is 0 Å². The van der Waals surface area contributed by atoms with Crippen LogP contribution in [0.25, 0.3) is 0 Å². The van der Waals surface area contributed by atoms with E-state index in [1.54, 1.807) is 5.20 Å². The van der Waals surface area contributed by atoms with Crippen molar-refractivity contribution in [3.05, 3.63) is 61.4 Å². The lowest BCUT2D eigenvalue weighted by Gasteiger charge is -2.29. The predicted octanol–water partition coefficient (Wildman–Crippen LogP) is 4.42. The van der Waals surface area contributed by atoms with E-state index in [-0.39, 0.29) is 0 Å². The summed E-state index contributed by atoms with van der Waals surface area (Å²) in [5, 5.41) is 1.56. The first-order valence-electron chi connectivity index (χ1n) is 5.49. The van der Waals surface area contributed by atoms with Gasteiger partial charge in [0.2, 0.25) is 0 Å². The zero-order valence-electron chi connectivity index (χ0n) is 9.41. The summed E-state index contributed by atoms with van der Waals surface area (Å²) >= 11 is 0. The van der Waals surface area contributed by atoms with Crippen LogP contribution >= 0.6 is 0 Å². The SMILES string of the molecule is C=CC[Si](CC=C)(CC=C)C1=CCC=C1. The van der Waals surface area contributed by atoms with Crippen molar-refractivity contribution in [3.63, 3.8) is 0 Å². The molecular weight excluding hydrogens is 196 g/mol. The van der Waals surface area contributed by atoms with E-state index < -0.39 is 8.07 Å². The van der Waals surface area contributed by atoms with Crippen LogP contribution in [0.4, 0.5) is 0 Å². The standard InChI is InChI=1S/C14H20Si/c1-4-11-15(12-5-2,13-6-3)14-9-7-8-10-14/h4-7,9-10H,1-3,8,11-13H2. The van der Waals surface area contributed by atoms with E-state index in [9.17, 15) is 0 Å². The summed E-state index contributed by atoms with van der Waals surface area (Å²) in [7, 11) is -1.44. The topological polar surface area (TPSA) is 0 Å². The Bertz CT molecular complexity index is 281. The van der Waals surface area contributed by atoms with E-state index in [1.165, 1.54) is 0 Å². The van der Waals surface area contributed by atoms with Gasteiger partial charge in [0.05, 0.1) is 8.07 Å². The number of rotatable bonds is 7. The highest BCUT2D eigenvalue weighted by Gasteiger charge is 2.32. The molecule has 0 aromatic heterocycles. The third kappa shape index (κ3) is 2.69. The van der Waals surface area contributed by atoms with Crippen LogP contribution in [0.3, 0.4) is 0 Å². The van der Waals surface area contributed by atoms with Gasteiger partial charge in [0.1, 0.15) is 0 Å². The van der Waals surface area contributed by atoms with Gasteiger partial charge in [-0.15, -0.1) is 19.7 Å². The van der Waals surface area contributed by atoms with E-state index >= 15 is 0 Å². The maximum Gasteiger partial charge on any atom is 0.0973 e. The number of allylic oxidation sites excluding steroid dienone is 7. The van der Waals surface area contributed by atoms with Crippen LogP contribution in [0, 0.1) is 0 Å². The van der Waals surface area contributed by atoms with Crippen LogP contribution in [0.15, 0.2) is 61.4 Å². The lowest BCUT2D eigenvalue weighted by atomic mass is 10.5. The van der Waals surface area contributed by atoms with Gasteiger partial charge in [-0.2, -0.15) is 0 Å². The molecule has 0 unspecified atom stereocenters. The average Bonchev–Trinajstić information content (AvgIpc) is 2.72. The first kappa shape index (κ1) is 12.0. The van der Waals surface area contributed by atoms with Gasteiger partial charge in [-0.25, -0.2) is 0 Å². The molecule has 0 bridgehead atoms. The summed E-state index contributed by atoms with van der Waals surface area (Å²) in [6.45, 7) is 11.7. The third-order valence-electron chi connectivity index (χ3n) is 2.99. The van der Waals surface area contributed by atoms with E-state index in [2.05, 4.69) is 56.2 Å². The zero-order chi connectivity index (χ0) is 11.1. The Labute approximate surface area is 94.4 Å². The minimum Gasteiger partial charge on any atom is -0.103 e. The molecule has 0 saturated carbocycles. The molecule has 0 atom stereocenters. The highest BCUT2D eigenvalue weighted by atomic mass is 28.3. The summed E-state index contributed by atoms with van der Waals surface area (Å²) in [4.78, 5) is 0. The molecule has 0 aromatic rings. The fraction of sp³-hybridized carbons (Fsp3) is 0.286. The second kappa shape index (κ2) is 5.71. The van der Waals surface area contributed by atoms with Gasteiger partial charge in [-0.1, -0.05) is 41.7 Å². The highest BCUT2D eigenvalue weighted by Crippen LogP contribution is 2.33. The molecule has 80 valence electrons. The molecule has 1 aliphatic carbocycles. The van der Waals surface area contributed by atoms with Gasteiger partial charge < -0.3 is 0 Å². The van der Waals surface area contributed by atoms with E-state index in [0.717, 1.165) is 24.6 Å². The summed E-state index contributed by atoms with van der Waals surface area (Å²) in [5.41, 5.74) is 0. The Morgan fingerprint density at radius 3 is 1.93 bits per heavy atom. The smallest absolute Gasteiger partial charge is 0.0973 e. The quantitative estimate of drug-likeness (QED) is 0.436. The van der Waals surface area contributed by atoms with Crippen LogP contribution in [0.2, 0.25) is 18.1 Å². The van der Waals surface area contributed by atoms with Crippen LogP contribution in [-0.4, -0.2) is 8.07 Å². The molecule has 0 heterocycles. The summed E-state index contributed by atoms with van der Waals surface area (Å²) in [6, 6.07) is 3.38. The average molecular weight is 216 g/mol. The molecule has 0 amide bonds. The molecule has 0 aromatic carbocycles. The fourth-order valence-corrected chi connectivity index (χ4v) is 6.17. The molecule has 0 aliphatic heterocycles. The van der Waals surface area contributed by atoms with Crippen LogP contribution in [-0.2, 0) is 0 Å². The zero-order valence-corrected chi connectivity index (χ0v) is 10.4. The monoisotopic (exact) mass is 216 g/mol. The Morgan fingerprint density at radius 2 is 1.60 bits per heavy atom. The fourth-order valence-electron chi connectivity index (χ4n) is 2.28. The Balaban J connectivity index is 2.98. The molecule has 0 radical (unpaired) electrons. The first-order chi connectivity index (χ1) is 7.29. The third-order valence-corrected chi connectivity index (χ3v) is 7.79. The highest BCUT2D eigenvalue weighted by molar-refractivity contribution is 6.88. The molecule has 1 heteroatoms. The lowest BCUT2D eigenvalue weighted by Crippen LogP contribution is -2.34. The van der Waals surface area contributed by atoms with Crippen molar-refractivity contribution >= 4 is 8.07 Å². The molecule has 0 saturated heterocycles. The second-order valence-corrected chi connectivity index (χ2v) is 8.42. The Morgan fingerprint density at radius 1 is 1.07 bits per heavy atom. The maximum absolute atomic E-state index is 3.90. The lowest BCUT2D eigenvalue weighted by molar-refractivity contribution is 1.35. The Kier molecular flexibility index (Phi) is 4.57. The van der Waals surface area contributed by atoms with E-state index in [4.69, 9.17) is 0 Å². The molecule has 1 rings (SSSR count). The summed E-state index contributed by atoms with van der Waals surface area (Å²) in [5.74, 6) is 0. The van der Waals surface area contributed by atoms with Crippen molar-refractivity contribution < 1.29 is 0 Å². The van der Waals surface area contributed by atoms with Gasteiger partial charge in [0, 0.05) is 0 Å². The van der Waals surface area contributed by atoms with E-state index in [1.807, 2.05) is 0 Å². The van der Waals surface area contributed by atoms with Gasteiger partial charge in [-0.05, 0) is 24.6 Å². The van der Waals surface area contributed by atoms with Crippen molar-refractivity contribution in [1.82, 2.24) is 0 Å². The van der Waals surface area contributed by atoms with Crippen LogP contribution in [0.5, 0.6) is 0 Å². The normalized spacial score (nSPS) is 14.8. The van der Waals surface area contributed by atoms with Crippen molar-refractivity contribution in [3.8, 4) is 0 Å². The van der Waals surface area contributed by atoms with E-state index in [0.29, 0.717) is 0 Å².